The maximum absolute atomic E-state index is 4.04. The second kappa shape index (κ2) is 4.96. The van der Waals surface area contributed by atoms with E-state index in [1.807, 2.05) is 12.1 Å². The molecule has 0 aliphatic heterocycles. The van der Waals surface area contributed by atoms with Gasteiger partial charge in [0.1, 0.15) is 0 Å². The molecule has 38 valence electrons. The Balaban J connectivity index is 0.000000490. The third-order valence-corrected chi connectivity index (χ3v) is 0.961. The van der Waals surface area contributed by atoms with Crippen LogP contribution >= 0.6 is 12.6 Å². The minimum atomic E-state index is 0. The fraction of sp³-hybridized carbons (Fsp3) is 0. The van der Waals surface area contributed by atoms with Crippen molar-refractivity contribution in [3.8, 4) is 0 Å². The Labute approximate surface area is 96.7 Å². The Morgan fingerprint density at radius 2 is 1.75 bits per heavy atom. The number of aromatic nitrogens is 1. The molecule has 1 heterocycles. The third kappa shape index (κ3) is 3.22. The van der Waals surface area contributed by atoms with Crippen molar-refractivity contribution < 1.29 is 0 Å². The first kappa shape index (κ1) is 9.14. The van der Waals surface area contributed by atoms with E-state index in [0.29, 0.717) is 0 Å². The summed E-state index contributed by atoms with van der Waals surface area (Å²) in [5.74, 6) is 0. The summed E-state index contributed by atoms with van der Waals surface area (Å²) in [6, 6.07) is 3.67. The molecule has 0 saturated heterocycles. The zero-order valence-corrected chi connectivity index (χ0v) is 4.60. The molecule has 8 heavy (non-hydrogen) atoms. The van der Waals surface area contributed by atoms with E-state index in [0.717, 1.165) is 4.90 Å². The van der Waals surface area contributed by atoms with Gasteiger partial charge in [-0.1, -0.05) is 0 Å². The van der Waals surface area contributed by atoms with Gasteiger partial charge in [-0.25, -0.2) is 0 Å². The topological polar surface area (TPSA) is 12.9 Å². The van der Waals surface area contributed by atoms with Crippen LogP contribution in [0.2, 0.25) is 0 Å². The maximum atomic E-state index is 4.04. The molecule has 3 heteroatoms. The molecule has 0 amide bonds. The Morgan fingerprint density at radius 1 is 1.25 bits per heavy atom. The molecule has 0 radical (unpaired) electrons. The van der Waals surface area contributed by atoms with Crippen LogP contribution in [0.25, 0.3) is 0 Å². The molecule has 0 aromatic carbocycles. The van der Waals surface area contributed by atoms with Gasteiger partial charge in [0, 0.05) is 17.3 Å². The van der Waals surface area contributed by atoms with Gasteiger partial charge >= 0.3 is 51.4 Å². The number of hydrogen-bond donors (Lipinski definition) is 1. The predicted molar refractivity (Wildman–Crippen MR) is 38.6 cm³/mol. The third-order valence-electron chi connectivity index (χ3n) is 0.663. The molecule has 1 nitrogen and oxygen atoms in total. The van der Waals surface area contributed by atoms with Crippen LogP contribution in [0.5, 0.6) is 0 Å². The van der Waals surface area contributed by atoms with Gasteiger partial charge in [0.25, 0.3) is 0 Å². The van der Waals surface area contributed by atoms with Crippen LogP contribution in [0.4, 0.5) is 0 Å². The van der Waals surface area contributed by atoms with Gasteiger partial charge in [0.2, 0.25) is 0 Å². The van der Waals surface area contributed by atoms with Crippen LogP contribution in [0.3, 0.4) is 0 Å². The molecule has 0 aliphatic carbocycles. The molecule has 0 unspecified atom stereocenters. The summed E-state index contributed by atoms with van der Waals surface area (Å²) in [5.41, 5.74) is 0. The summed E-state index contributed by atoms with van der Waals surface area (Å²) in [6.07, 6.45) is 3.42. The molecular formula is C5H6KNS. The van der Waals surface area contributed by atoms with E-state index >= 15 is 0 Å². The normalized spacial score (nSPS) is 7.62. The van der Waals surface area contributed by atoms with Gasteiger partial charge in [0.05, 0.1) is 0 Å². The van der Waals surface area contributed by atoms with Crippen molar-refractivity contribution in [2.75, 3.05) is 0 Å². The van der Waals surface area contributed by atoms with E-state index < -0.39 is 0 Å². The van der Waals surface area contributed by atoms with E-state index in [1.54, 1.807) is 12.4 Å². The van der Waals surface area contributed by atoms with Gasteiger partial charge in [-0.15, -0.1) is 12.6 Å². The van der Waals surface area contributed by atoms with E-state index in [-0.39, 0.29) is 51.4 Å². The van der Waals surface area contributed by atoms with E-state index in [2.05, 4.69) is 17.6 Å². The first-order chi connectivity index (χ1) is 3.39. The van der Waals surface area contributed by atoms with Gasteiger partial charge in [0.15, 0.2) is 0 Å². The number of thiol groups is 1. The Kier molecular flexibility index (Phi) is 5.67. The van der Waals surface area contributed by atoms with E-state index in [1.165, 1.54) is 0 Å². The van der Waals surface area contributed by atoms with Crippen molar-refractivity contribution in [1.29, 1.82) is 0 Å². The van der Waals surface area contributed by atoms with Crippen molar-refractivity contribution in [2.24, 2.45) is 0 Å². The van der Waals surface area contributed by atoms with Gasteiger partial charge in [-0.3, -0.25) is 4.98 Å². The number of nitrogens with zero attached hydrogens (tertiary/aromatic N) is 1. The summed E-state index contributed by atoms with van der Waals surface area (Å²) < 4.78 is 0. The predicted octanol–water partition coefficient (Wildman–Crippen LogP) is 0.722. The zero-order chi connectivity index (χ0) is 5.11. The fourth-order valence-electron chi connectivity index (χ4n) is 0.344. The molecule has 0 atom stereocenters. The summed E-state index contributed by atoms with van der Waals surface area (Å²) in [4.78, 5) is 4.75. The summed E-state index contributed by atoms with van der Waals surface area (Å²) in [7, 11) is 0. The SMILES string of the molecule is Sc1ccncc1.[KH]. The minimum absolute atomic E-state index is 0. The van der Waals surface area contributed by atoms with Crippen molar-refractivity contribution in [3.05, 3.63) is 24.5 Å². The van der Waals surface area contributed by atoms with Crippen LogP contribution in [-0.2, 0) is 0 Å². The Hall–Kier alpha value is 1.14. The van der Waals surface area contributed by atoms with E-state index in [4.69, 9.17) is 0 Å². The van der Waals surface area contributed by atoms with Crippen molar-refractivity contribution >= 4 is 64.0 Å². The molecule has 0 bridgehead atoms. The van der Waals surface area contributed by atoms with Crippen molar-refractivity contribution in [1.82, 2.24) is 4.98 Å². The fourth-order valence-corrected chi connectivity index (χ4v) is 0.477. The molecule has 0 saturated carbocycles. The van der Waals surface area contributed by atoms with Gasteiger partial charge in [-0.05, 0) is 12.1 Å². The molecular weight excluding hydrogens is 145 g/mol. The second-order valence-corrected chi connectivity index (χ2v) is 1.72. The quantitative estimate of drug-likeness (QED) is 0.426. The zero-order valence-electron chi connectivity index (χ0n) is 3.70. The summed E-state index contributed by atoms with van der Waals surface area (Å²) in [6.45, 7) is 0. The van der Waals surface area contributed by atoms with Crippen LogP contribution in [0, 0.1) is 0 Å². The van der Waals surface area contributed by atoms with E-state index in [9.17, 15) is 0 Å². The standard InChI is InChI=1S/C5H5NS.K.H/c7-5-1-3-6-4-2-5;;/h1-4H,(H,6,7);;. The summed E-state index contributed by atoms with van der Waals surface area (Å²) >= 11 is 4.04. The summed E-state index contributed by atoms with van der Waals surface area (Å²) in [5, 5.41) is 0. The molecule has 0 N–H and O–H groups in total. The number of rotatable bonds is 0. The van der Waals surface area contributed by atoms with Crippen LogP contribution in [0.1, 0.15) is 0 Å². The Bertz CT molecular complexity index is 142. The monoisotopic (exact) mass is 151 g/mol. The average Bonchev–Trinajstić information content (AvgIpc) is 1.69. The molecule has 1 aromatic heterocycles. The number of pyridine rings is 1. The van der Waals surface area contributed by atoms with Gasteiger partial charge in [-0.2, -0.15) is 0 Å². The van der Waals surface area contributed by atoms with Crippen LogP contribution < -0.4 is 0 Å². The molecule has 1 rings (SSSR count). The van der Waals surface area contributed by atoms with Gasteiger partial charge < -0.3 is 0 Å². The number of hydrogen-bond acceptors (Lipinski definition) is 2. The first-order valence-electron chi connectivity index (χ1n) is 1.98. The molecule has 0 aliphatic rings. The molecule has 0 spiro atoms. The van der Waals surface area contributed by atoms with Crippen molar-refractivity contribution in [3.63, 3.8) is 0 Å². The molecule has 1 aromatic rings. The van der Waals surface area contributed by atoms with Crippen LogP contribution in [0.15, 0.2) is 29.4 Å². The van der Waals surface area contributed by atoms with Crippen LogP contribution in [-0.4, -0.2) is 56.4 Å². The second-order valence-electron chi connectivity index (χ2n) is 1.21. The Morgan fingerprint density at radius 3 is 2.00 bits per heavy atom. The molecule has 0 fully saturated rings. The van der Waals surface area contributed by atoms with Crippen molar-refractivity contribution in [2.45, 2.75) is 4.90 Å². The average molecular weight is 151 g/mol. The first-order valence-corrected chi connectivity index (χ1v) is 2.43.